The largest absolute Gasteiger partial charge is 0.416 e. The van der Waals surface area contributed by atoms with Gasteiger partial charge in [-0.3, -0.25) is 4.79 Å². The third-order valence-corrected chi connectivity index (χ3v) is 6.94. The van der Waals surface area contributed by atoms with Gasteiger partial charge in [-0.05, 0) is 71.2 Å². The summed E-state index contributed by atoms with van der Waals surface area (Å²) in [5.41, 5.74) is -0.594. The first-order valence-corrected chi connectivity index (χ1v) is 10.6. The zero-order valence-corrected chi connectivity index (χ0v) is 16.9. The molecule has 0 atom stereocenters. The Morgan fingerprint density at radius 3 is 2.21 bits per heavy atom. The zero-order chi connectivity index (χ0) is 20.5. The van der Waals surface area contributed by atoms with E-state index in [-0.39, 0.29) is 16.1 Å². The number of rotatable bonds is 4. The van der Waals surface area contributed by atoms with Crippen LogP contribution in [0, 0.1) is 0 Å². The van der Waals surface area contributed by atoms with Crippen molar-refractivity contribution in [2.24, 2.45) is 0 Å². The molecule has 0 radical (unpaired) electrons. The molecule has 5 nitrogen and oxygen atoms in total. The Bertz CT molecular complexity index is 986. The van der Waals surface area contributed by atoms with E-state index in [4.69, 9.17) is 0 Å². The number of benzene rings is 2. The second kappa shape index (κ2) is 7.84. The number of amides is 1. The van der Waals surface area contributed by atoms with Gasteiger partial charge in [0.1, 0.15) is 0 Å². The number of nitrogens with zero attached hydrogens (tertiary/aromatic N) is 1. The predicted octanol–water partition coefficient (Wildman–Crippen LogP) is 4.50. The van der Waals surface area contributed by atoms with Crippen LogP contribution in [0.15, 0.2) is 51.8 Å². The molecular formula is C18H16BrF3N2O3S. The number of hydrogen-bond acceptors (Lipinski definition) is 3. The van der Waals surface area contributed by atoms with E-state index < -0.39 is 27.7 Å². The first-order valence-electron chi connectivity index (χ1n) is 8.37. The van der Waals surface area contributed by atoms with Gasteiger partial charge in [0.2, 0.25) is 10.0 Å². The van der Waals surface area contributed by atoms with Crippen molar-refractivity contribution in [2.45, 2.75) is 23.9 Å². The average Bonchev–Trinajstić information content (AvgIpc) is 3.17. The van der Waals surface area contributed by atoms with E-state index >= 15 is 0 Å². The van der Waals surface area contributed by atoms with E-state index in [1.807, 2.05) is 0 Å². The summed E-state index contributed by atoms with van der Waals surface area (Å²) in [6, 6.07) is 8.13. The van der Waals surface area contributed by atoms with Crippen LogP contribution in [-0.4, -0.2) is 31.7 Å². The molecule has 150 valence electrons. The Morgan fingerprint density at radius 1 is 1.04 bits per heavy atom. The van der Waals surface area contributed by atoms with E-state index in [1.165, 1.54) is 22.5 Å². The Hall–Kier alpha value is -1.91. The van der Waals surface area contributed by atoms with Crippen molar-refractivity contribution < 1.29 is 26.4 Å². The molecule has 0 saturated carbocycles. The smallest absolute Gasteiger partial charge is 0.322 e. The number of sulfonamides is 1. The molecule has 0 spiro atoms. The third kappa shape index (κ3) is 4.39. The number of anilines is 1. The summed E-state index contributed by atoms with van der Waals surface area (Å²) >= 11 is 3.21. The van der Waals surface area contributed by atoms with Crippen LogP contribution < -0.4 is 5.32 Å². The molecule has 1 amide bonds. The van der Waals surface area contributed by atoms with Gasteiger partial charge in [0.05, 0.1) is 16.0 Å². The number of alkyl halides is 3. The Balaban J connectivity index is 1.84. The lowest BCUT2D eigenvalue weighted by Gasteiger charge is -2.16. The minimum absolute atomic E-state index is 0.00447. The van der Waals surface area contributed by atoms with Crippen LogP contribution >= 0.6 is 15.9 Å². The standard InChI is InChI=1S/C18H16BrF3N2O3S/c19-16-8-7-14(28(26,27)24-9-1-2-10-24)11-15(16)17(25)23-13-5-3-12(4-6-13)18(20,21)22/h3-8,11H,1-2,9-10H2,(H,23,25). The molecule has 0 aromatic heterocycles. The van der Waals surface area contributed by atoms with Gasteiger partial charge in [-0.1, -0.05) is 0 Å². The summed E-state index contributed by atoms with van der Waals surface area (Å²) in [4.78, 5) is 12.5. The van der Waals surface area contributed by atoms with Crippen molar-refractivity contribution in [3.63, 3.8) is 0 Å². The van der Waals surface area contributed by atoms with Crippen LogP contribution in [0.2, 0.25) is 0 Å². The van der Waals surface area contributed by atoms with Gasteiger partial charge in [0.15, 0.2) is 0 Å². The van der Waals surface area contributed by atoms with Crippen molar-refractivity contribution in [2.75, 3.05) is 18.4 Å². The lowest BCUT2D eigenvalue weighted by molar-refractivity contribution is -0.137. The first kappa shape index (κ1) is 20.8. The fourth-order valence-electron chi connectivity index (χ4n) is 2.86. The summed E-state index contributed by atoms with van der Waals surface area (Å²) in [6.45, 7) is 0.872. The molecule has 1 fully saturated rings. The predicted molar refractivity (Wildman–Crippen MR) is 102 cm³/mol. The molecule has 0 bridgehead atoms. The molecule has 0 aliphatic carbocycles. The first-order chi connectivity index (χ1) is 13.1. The van der Waals surface area contributed by atoms with E-state index in [1.54, 1.807) is 0 Å². The number of halogens is 4. The fourth-order valence-corrected chi connectivity index (χ4v) is 4.83. The van der Waals surface area contributed by atoms with Gasteiger partial charge in [0.25, 0.3) is 5.91 Å². The van der Waals surface area contributed by atoms with Crippen LogP contribution in [0.1, 0.15) is 28.8 Å². The van der Waals surface area contributed by atoms with Gasteiger partial charge in [-0.25, -0.2) is 8.42 Å². The Kier molecular flexibility index (Phi) is 5.83. The molecule has 2 aromatic rings. The molecule has 28 heavy (non-hydrogen) atoms. The molecular weight excluding hydrogens is 461 g/mol. The number of carbonyl (C=O) groups excluding carboxylic acids is 1. The summed E-state index contributed by atoms with van der Waals surface area (Å²) < 4.78 is 65.0. The monoisotopic (exact) mass is 476 g/mol. The van der Waals surface area contributed by atoms with Gasteiger partial charge in [0, 0.05) is 23.2 Å². The van der Waals surface area contributed by atoms with Crippen molar-refractivity contribution in [3.8, 4) is 0 Å². The maximum Gasteiger partial charge on any atom is 0.416 e. The molecule has 3 rings (SSSR count). The SMILES string of the molecule is O=C(Nc1ccc(C(F)(F)F)cc1)c1cc(S(=O)(=O)N2CCCC2)ccc1Br. The molecule has 2 aromatic carbocycles. The van der Waals surface area contributed by atoms with E-state index in [9.17, 15) is 26.4 Å². The average molecular weight is 477 g/mol. The summed E-state index contributed by atoms with van der Waals surface area (Å²) in [6.07, 6.45) is -2.89. The summed E-state index contributed by atoms with van der Waals surface area (Å²) in [7, 11) is -3.70. The van der Waals surface area contributed by atoms with Crippen LogP contribution in [-0.2, 0) is 16.2 Å². The normalized spacial score (nSPS) is 15.6. The Morgan fingerprint density at radius 2 is 1.64 bits per heavy atom. The minimum atomic E-state index is -4.47. The van der Waals surface area contributed by atoms with Crippen molar-refractivity contribution >= 4 is 37.5 Å². The molecule has 1 aliphatic rings. The summed E-state index contributed by atoms with van der Waals surface area (Å²) in [5, 5.41) is 2.48. The highest BCUT2D eigenvalue weighted by Gasteiger charge is 2.30. The number of nitrogens with one attached hydrogen (secondary N) is 1. The van der Waals surface area contributed by atoms with Crippen LogP contribution in [0.25, 0.3) is 0 Å². The fraction of sp³-hybridized carbons (Fsp3) is 0.278. The van der Waals surface area contributed by atoms with Gasteiger partial charge in [-0.2, -0.15) is 17.5 Å². The molecule has 1 N–H and O–H groups in total. The Labute approximate surface area is 168 Å². The molecule has 1 heterocycles. The van der Waals surface area contributed by atoms with Crippen molar-refractivity contribution in [3.05, 3.63) is 58.1 Å². The lowest BCUT2D eigenvalue weighted by atomic mass is 10.1. The second-order valence-electron chi connectivity index (χ2n) is 6.28. The third-order valence-electron chi connectivity index (χ3n) is 4.36. The lowest BCUT2D eigenvalue weighted by Crippen LogP contribution is -2.28. The quantitative estimate of drug-likeness (QED) is 0.705. The van der Waals surface area contributed by atoms with Crippen molar-refractivity contribution in [1.29, 1.82) is 0 Å². The summed E-state index contributed by atoms with van der Waals surface area (Å²) in [5.74, 6) is -0.634. The highest BCUT2D eigenvalue weighted by molar-refractivity contribution is 9.10. The molecule has 10 heteroatoms. The zero-order valence-electron chi connectivity index (χ0n) is 14.5. The van der Waals surface area contributed by atoms with Crippen molar-refractivity contribution in [1.82, 2.24) is 4.31 Å². The van der Waals surface area contributed by atoms with Gasteiger partial charge in [-0.15, -0.1) is 0 Å². The van der Waals surface area contributed by atoms with Gasteiger partial charge < -0.3 is 5.32 Å². The minimum Gasteiger partial charge on any atom is -0.322 e. The highest BCUT2D eigenvalue weighted by atomic mass is 79.9. The maximum atomic E-state index is 12.7. The molecule has 1 saturated heterocycles. The van der Waals surface area contributed by atoms with Gasteiger partial charge >= 0.3 is 6.18 Å². The van der Waals surface area contributed by atoms with Crippen LogP contribution in [0.4, 0.5) is 18.9 Å². The highest BCUT2D eigenvalue weighted by Crippen LogP contribution is 2.30. The second-order valence-corrected chi connectivity index (χ2v) is 9.07. The maximum absolute atomic E-state index is 12.7. The van der Waals surface area contributed by atoms with E-state index in [2.05, 4.69) is 21.2 Å². The van der Waals surface area contributed by atoms with Crippen LogP contribution in [0.3, 0.4) is 0 Å². The van der Waals surface area contributed by atoms with E-state index in [0.717, 1.165) is 37.1 Å². The number of hydrogen-bond donors (Lipinski definition) is 1. The topological polar surface area (TPSA) is 66.5 Å². The molecule has 0 unspecified atom stereocenters. The van der Waals surface area contributed by atoms with Crippen LogP contribution in [0.5, 0.6) is 0 Å². The van der Waals surface area contributed by atoms with E-state index in [0.29, 0.717) is 17.6 Å². The number of carbonyl (C=O) groups is 1. The molecule has 1 aliphatic heterocycles.